The van der Waals surface area contributed by atoms with Crippen LogP contribution in [0.1, 0.15) is 31.4 Å². The average molecular weight is 190 g/mol. The Bertz CT molecular complexity index is 420. The van der Waals surface area contributed by atoms with Crippen molar-refractivity contribution in [2.24, 2.45) is 5.73 Å². The lowest BCUT2D eigenvalue weighted by atomic mass is 9.96. The summed E-state index contributed by atoms with van der Waals surface area (Å²) in [5, 5.41) is 1.12. The van der Waals surface area contributed by atoms with Crippen molar-refractivity contribution in [3.05, 3.63) is 24.1 Å². The second-order valence-electron chi connectivity index (χ2n) is 4.24. The van der Waals surface area contributed by atoms with Crippen LogP contribution in [0, 0.1) is 0 Å². The van der Waals surface area contributed by atoms with Crippen LogP contribution < -0.4 is 5.73 Å². The third-order valence-electron chi connectivity index (χ3n) is 3.22. The minimum atomic E-state index is -0.208. The number of H-pyrrole nitrogens is 1. The molecule has 1 aliphatic rings. The summed E-state index contributed by atoms with van der Waals surface area (Å²) in [6.07, 6.45) is 6.40. The lowest BCUT2D eigenvalue weighted by molar-refractivity contribution is 0.360. The van der Waals surface area contributed by atoms with Gasteiger partial charge in [0.1, 0.15) is 5.76 Å². The number of aromatic nitrogens is 1. The molecular weight excluding hydrogens is 176 g/mol. The highest BCUT2D eigenvalue weighted by molar-refractivity contribution is 5.75. The van der Waals surface area contributed by atoms with Crippen LogP contribution in [0.4, 0.5) is 0 Å². The fourth-order valence-corrected chi connectivity index (χ4v) is 2.35. The van der Waals surface area contributed by atoms with Gasteiger partial charge in [0.05, 0.1) is 5.54 Å². The van der Waals surface area contributed by atoms with E-state index in [1.807, 2.05) is 12.3 Å². The zero-order valence-electron chi connectivity index (χ0n) is 8.05. The number of furan rings is 1. The van der Waals surface area contributed by atoms with Gasteiger partial charge in [-0.2, -0.15) is 0 Å². The highest BCUT2D eigenvalue weighted by atomic mass is 16.3. The second-order valence-corrected chi connectivity index (χ2v) is 4.24. The van der Waals surface area contributed by atoms with Crippen LogP contribution in [0.25, 0.3) is 11.1 Å². The van der Waals surface area contributed by atoms with E-state index in [1.54, 1.807) is 0 Å². The zero-order valence-corrected chi connectivity index (χ0v) is 8.05. The number of nitrogens with two attached hydrogens (primary N) is 1. The molecule has 74 valence electrons. The molecular formula is C11H14N2O. The normalized spacial score (nSPS) is 20.6. The van der Waals surface area contributed by atoms with Crippen molar-refractivity contribution >= 4 is 11.1 Å². The Morgan fingerprint density at radius 3 is 2.86 bits per heavy atom. The molecule has 3 rings (SSSR count). The van der Waals surface area contributed by atoms with Crippen LogP contribution in [-0.2, 0) is 5.54 Å². The maximum Gasteiger partial charge on any atom is 0.204 e. The predicted octanol–water partition coefficient (Wildman–Crippen LogP) is 2.49. The lowest BCUT2D eigenvalue weighted by Gasteiger charge is -2.19. The molecule has 0 bridgehead atoms. The Morgan fingerprint density at radius 2 is 2.14 bits per heavy atom. The predicted molar refractivity (Wildman–Crippen MR) is 54.9 cm³/mol. The van der Waals surface area contributed by atoms with Crippen molar-refractivity contribution in [2.45, 2.75) is 31.2 Å². The second kappa shape index (κ2) is 2.64. The minimum Gasteiger partial charge on any atom is -0.443 e. The Hall–Kier alpha value is -1.22. The summed E-state index contributed by atoms with van der Waals surface area (Å²) in [4.78, 5) is 3.06. The first-order chi connectivity index (χ1) is 6.78. The van der Waals surface area contributed by atoms with Crippen molar-refractivity contribution in [1.82, 2.24) is 4.98 Å². The smallest absolute Gasteiger partial charge is 0.204 e. The first-order valence-electron chi connectivity index (χ1n) is 5.14. The van der Waals surface area contributed by atoms with Gasteiger partial charge in [-0.3, -0.25) is 0 Å². The van der Waals surface area contributed by atoms with Gasteiger partial charge in [0.2, 0.25) is 5.71 Å². The van der Waals surface area contributed by atoms with Gasteiger partial charge in [-0.1, -0.05) is 12.8 Å². The SMILES string of the molecule is NC1(c2cc3cc[nH]c3o2)CCCC1. The van der Waals surface area contributed by atoms with E-state index in [2.05, 4.69) is 11.1 Å². The van der Waals surface area contributed by atoms with Gasteiger partial charge < -0.3 is 15.1 Å². The third-order valence-corrected chi connectivity index (χ3v) is 3.22. The van der Waals surface area contributed by atoms with Crippen LogP contribution in [0.5, 0.6) is 0 Å². The molecule has 0 aromatic carbocycles. The van der Waals surface area contributed by atoms with Gasteiger partial charge in [0.25, 0.3) is 0 Å². The molecule has 0 spiro atoms. The van der Waals surface area contributed by atoms with E-state index in [0.29, 0.717) is 0 Å². The minimum absolute atomic E-state index is 0.208. The molecule has 3 nitrogen and oxygen atoms in total. The van der Waals surface area contributed by atoms with E-state index in [0.717, 1.165) is 29.7 Å². The summed E-state index contributed by atoms with van der Waals surface area (Å²) < 4.78 is 5.71. The largest absolute Gasteiger partial charge is 0.443 e. The fraction of sp³-hybridized carbons (Fsp3) is 0.455. The Balaban J connectivity index is 2.08. The molecule has 14 heavy (non-hydrogen) atoms. The summed E-state index contributed by atoms with van der Waals surface area (Å²) in [5.74, 6) is 0.942. The third kappa shape index (κ3) is 1.02. The van der Waals surface area contributed by atoms with E-state index in [-0.39, 0.29) is 5.54 Å². The molecule has 1 aliphatic carbocycles. The van der Waals surface area contributed by atoms with Crippen LogP contribution in [0.15, 0.2) is 22.7 Å². The van der Waals surface area contributed by atoms with E-state index < -0.39 is 0 Å². The summed E-state index contributed by atoms with van der Waals surface area (Å²) >= 11 is 0. The Morgan fingerprint density at radius 1 is 1.36 bits per heavy atom. The number of hydrogen-bond donors (Lipinski definition) is 2. The Kier molecular flexibility index (Phi) is 1.53. The van der Waals surface area contributed by atoms with Gasteiger partial charge >= 0.3 is 0 Å². The number of rotatable bonds is 1. The topological polar surface area (TPSA) is 55.0 Å². The number of hydrogen-bond acceptors (Lipinski definition) is 2. The first-order valence-corrected chi connectivity index (χ1v) is 5.14. The number of nitrogens with one attached hydrogen (secondary N) is 1. The van der Waals surface area contributed by atoms with E-state index in [1.165, 1.54) is 12.8 Å². The van der Waals surface area contributed by atoms with Gasteiger partial charge in [-0.05, 0) is 25.0 Å². The van der Waals surface area contributed by atoms with Gasteiger partial charge in [0.15, 0.2) is 0 Å². The molecule has 2 heterocycles. The van der Waals surface area contributed by atoms with Crippen molar-refractivity contribution in [1.29, 1.82) is 0 Å². The van der Waals surface area contributed by atoms with Gasteiger partial charge in [0, 0.05) is 11.6 Å². The van der Waals surface area contributed by atoms with E-state index >= 15 is 0 Å². The molecule has 1 fully saturated rings. The van der Waals surface area contributed by atoms with E-state index in [9.17, 15) is 0 Å². The number of fused-ring (bicyclic) bond motifs is 1. The van der Waals surface area contributed by atoms with Crippen molar-refractivity contribution in [3.8, 4) is 0 Å². The molecule has 3 heteroatoms. The van der Waals surface area contributed by atoms with Crippen LogP contribution in [-0.4, -0.2) is 4.98 Å². The highest BCUT2D eigenvalue weighted by Gasteiger charge is 2.34. The average Bonchev–Trinajstić information content (AvgIpc) is 2.75. The molecule has 0 radical (unpaired) electrons. The maximum atomic E-state index is 6.30. The summed E-state index contributed by atoms with van der Waals surface area (Å²) in [6.45, 7) is 0. The highest BCUT2D eigenvalue weighted by Crippen LogP contribution is 2.38. The molecule has 1 saturated carbocycles. The van der Waals surface area contributed by atoms with Crippen molar-refractivity contribution < 1.29 is 4.42 Å². The van der Waals surface area contributed by atoms with Crippen LogP contribution in [0.2, 0.25) is 0 Å². The summed E-state index contributed by atoms with van der Waals surface area (Å²) in [7, 11) is 0. The molecule has 0 atom stereocenters. The standard InChI is InChI=1S/C11H14N2O/c12-11(4-1-2-5-11)9-7-8-3-6-13-10(8)14-9/h3,6-7,13H,1-2,4-5,12H2. The molecule has 0 unspecified atom stereocenters. The molecule has 0 amide bonds. The monoisotopic (exact) mass is 190 g/mol. The van der Waals surface area contributed by atoms with Crippen molar-refractivity contribution in [2.75, 3.05) is 0 Å². The summed E-state index contributed by atoms with van der Waals surface area (Å²) in [5.41, 5.74) is 6.93. The zero-order chi connectivity index (χ0) is 9.60. The van der Waals surface area contributed by atoms with E-state index in [4.69, 9.17) is 10.2 Å². The fourth-order valence-electron chi connectivity index (χ4n) is 2.35. The molecule has 2 aromatic heterocycles. The quantitative estimate of drug-likeness (QED) is 0.725. The maximum absolute atomic E-state index is 6.30. The molecule has 0 saturated heterocycles. The van der Waals surface area contributed by atoms with Gasteiger partial charge in [-0.15, -0.1) is 0 Å². The van der Waals surface area contributed by atoms with Crippen LogP contribution >= 0.6 is 0 Å². The summed E-state index contributed by atoms with van der Waals surface area (Å²) in [6, 6.07) is 4.08. The van der Waals surface area contributed by atoms with Crippen molar-refractivity contribution in [3.63, 3.8) is 0 Å². The molecule has 2 aromatic rings. The number of aromatic amines is 1. The molecule has 3 N–H and O–H groups in total. The Labute approximate surface area is 82.3 Å². The van der Waals surface area contributed by atoms with Crippen LogP contribution in [0.3, 0.4) is 0 Å². The molecule has 0 aliphatic heterocycles. The van der Waals surface area contributed by atoms with Gasteiger partial charge in [-0.25, -0.2) is 0 Å². The lowest BCUT2D eigenvalue weighted by Crippen LogP contribution is -2.32. The first kappa shape index (κ1) is 8.12.